The molecule has 1 atom stereocenters. The van der Waals surface area contributed by atoms with Crippen molar-refractivity contribution >= 4 is 38.6 Å². The van der Waals surface area contributed by atoms with E-state index in [1.165, 1.54) is 5.56 Å². The largest absolute Gasteiger partial charge is 0.320 e. The zero-order chi connectivity index (χ0) is 14.1. The number of hydrogen-bond acceptors (Lipinski definition) is 1. The van der Waals surface area contributed by atoms with Crippen LogP contribution in [0.25, 0.3) is 11.0 Å². The van der Waals surface area contributed by atoms with Crippen LogP contribution in [-0.2, 0) is 5.88 Å². The maximum Gasteiger partial charge on any atom is 0.125 e. The summed E-state index contributed by atoms with van der Waals surface area (Å²) < 4.78 is 3.29. The van der Waals surface area contributed by atoms with Gasteiger partial charge >= 0.3 is 0 Å². The van der Waals surface area contributed by atoms with Crippen molar-refractivity contribution in [1.82, 2.24) is 9.55 Å². The Kier molecular flexibility index (Phi) is 3.81. The SMILES string of the molecule is CC(c1cccc(Br)c1)n1c(CCl)nc2ccccc21. The molecule has 1 aromatic heterocycles. The van der Waals surface area contributed by atoms with E-state index < -0.39 is 0 Å². The number of imidazole rings is 1. The van der Waals surface area contributed by atoms with Gasteiger partial charge in [-0.1, -0.05) is 40.2 Å². The quantitative estimate of drug-likeness (QED) is 0.598. The van der Waals surface area contributed by atoms with Gasteiger partial charge in [0.1, 0.15) is 5.82 Å². The molecule has 4 heteroatoms. The Morgan fingerprint density at radius 3 is 2.75 bits per heavy atom. The van der Waals surface area contributed by atoms with E-state index in [-0.39, 0.29) is 6.04 Å². The third-order valence-corrected chi connectivity index (χ3v) is 4.24. The molecule has 0 radical (unpaired) electrons. The monoisotopic (exact) mass is 348 g/mol. The molecule has 20 heavy (non-hydrogen) atoms. The summed E-state index contributed by atoms with van der Waals surface area (Å²) in [5.74, 6) is 1.31. The van der Waals surface area contributed by atoms with Crippen LogP contribution < -0.4 is 0 Å². The van der Waals surface area contributed by atoms with Crippen LogP contribution in [0.1, 0.15) is 24.4 Å². The summed E-state index contributed by atoms with van der Waals surface area (Å²) in [5, 5.41) is 0. The standard InChI is InChI=1S/C16H14BrClN2/c1-11(12-5-4-6-13(17)9-12)20-15-8-3-2-7-14(15)19-16(20)10-18/h2-9,11H,10H2,1H3. The topological polar surface area (TPSA) is 17.8 Å². The Bertz CT molecular complexity index is 751. The van der Waals surface area contributed by atoms with Crippen molar-refractivity contribution in [2.75, 3.05) is 0 Å². The van der Waals surface area contributed by atoms with Crippen LogP contribution in [-0.4, -0.2) is 9.55 Å². The molecule has 3 aromatic rings. The Labute approximate surface area is 131 Å². The lowest BCUT2D eigenvalue weighted by Crippen LogP contribution is -2.09. The maximum atomic E-state index is 6.07. The summed E-state index contributed by atoms with van der Waals surface area (Å²) in [6.45, 7) is 2.17. The summed E-state index contributed by atoms with van der Waals surface area (Å²) in [5.41, 5.74) is 3.34. The van der Waals surface area contributed by atoms with E-state index in [2.05, 4.69) is 56.7 Å². The number of rotatable bonds is 3. The number of hydrogen-bond donors (Lipinski definition) is 0. The van der Waals surface area contributed by atoms with Crippen molar-refractivity contribution in [1.29, 1.82) is 0 Å². The summed E-state index contributed by atoms with van der Waals surface area (Å²) in [7, 11) is 0. The highest BCUT2D eigenvalue weighted by atomic mass is 79.9. The summed E-state index contributed by atoms with van der Waals surface area (Å²) in [6, 6.07) is 16.7. The Morgan fingerprint density at radius 1 is 1.20 bits per heavy atom. The van der Waals surface area contributed by atoms with Gasteiger partial charge in [-0.2, -0.15) is 0 Å². The molecule has 0 aliphatic rings. The van der Waals surface area contributed by atoms with Crippen LogP contribution in [0.5, 0.6) is 0 Å². The molecule has 1 heterocycles. The van der Waals surface area contributed by atoms with Gasteiger partial charge in [0.2, 0.25) is 0 Å². The molecule has 0 aliphatic carbocycles. The lowest BCUT2D eigenvalue weighted by Gasteiger charge is -2.17. The number of halogens is 2. The molecule has 0 aliphatic heterocycles. The zero-order valence-electron chi connectivity index (χ0n) is 11.1. The minimum atomic E-state index is 0.189. The summed E-state index contributed by atoms with van der Waals surface area (Å²) in [6.07, 6.45) is 0. The number of aromatic nitrogens is 2. The molecule has 0 saturated heterocycles. The third-order valence-electron chi connectivity index (χ3n) is 3.51. The first-order valence-corrected chi connectivity index (χ1v) is 7.80. The predicted molar refractivity (Wildman–Crippen MR) is 87.2 cm³/mol. The first-order valence-electron chi connectivity index (χ1n) is 6.48. The van der Waals surface area contributed by atoms with Crippen molar-refractivity contribution in [3.05, 3.63) is 64.4 Å². The van der Waals surface area contributed by atoms with Crippen molar-refractivity contribution < 1.29 is 0 Å². The van der Waals surface area contributed by atoms with Gasteiger partial charge in [-0.15, -0.1) is 11.6 Å². The lowest BCUT2D eigenvalue weighted by molar-refractivity contribution is 0.633. The van der Waals surface area contributed by atoms with Gasteiger partial charge in [-0.3, -0.25) is 0 Å². The molecule has 0 spiro atoms. The molecule has 0 amide bonds. The molecule has 3 rings (SSSR count). The Balaban J connectivity index is 2.17. The van der Waals surface area contributed by atoms with Crippen LogP contribution in [0.15, 0.2) is 53.0 Å². The smallest absolute Gasteiger partial charge is 0.125 e. The van der Waals surface area contributed by atoms with Crippen molar-refractivity contribution in [3.63, 3.8) is 0 Å². The summed E-state index contributed by atoms with van der Waals surface area (Å²) >= 11 is 9.60. The Hall–Kier alpha value is -1.32. The van der Waals surface area contributed by atoms with E-state index in [0.717, 1.165) is 21.3 Å². The molecule has 102 valence electrons. The van der Waals surface area contributed by atoms with Crippen LogP contribution in [0.3, 0.4) is 0 Å². The molecular weight excluding hydrogens is 336 g/mol. The van der Waals surface area contributed by atoms with Gasteiger partial charge in [0.05, 0.1) is 23.0 Å². The molecule has 0 bridgehead atoms. The molecular formula is C16H14BrClN2. The Morgan fingerprint density at radius 2 is 2.00 bits per heavy atom. The van der Waals surface area contributed by atoms with Crippen molar-refractivity contribution in [3.8, 4) is 0 Å². The van der Waals surface area contributed by atoms with Crippen molar-refractivity contribution in [2.24, 2.45) is 0 Å². The van der Waals surface area contributed by atoms with E-state index in [4.69, 9.17) is 11.6 Å². The van der Waals surface area contributed by atoms with Gasteiger partial charge in [-0.25, -0.2) is 4.98 Å². The minimum absolute atomic E-state index is 0.189. The first kappa shape index (κ1) is 13.7. The maximum absolute atomic E-state index is 6.07. The lowest BCUT2D eigenvalue weighted by atomic mass is 10.1. The highest BCUT2D eigenvalue weighted by Crippen LogP contribution is 2.28. The number of para-hydroxylation sites is 2. The second-order valence-electron chi connectivity index (χ2n) is 4.75. The number of fused-ring (bicyclic) bond motifs is 1. The molecule has 2 aromatic carbocycles. The molecule has 0 saturated carbocycles. The van der Waals surface area contributed by atoms with E-state index >= 15 is 0 Å². The molecule has 0 fully saturated rings. The van der Waals surface area contributed by atoms with E-state index in [1.54, 1.807) is 0 Å². The normalized spacial score (nSPS) is 12.8. The van der Waals surface area contributed by atoms with Crippen LogP contribution in [0.2, 0.25) is 0 Å². The van der Waals surface area contributed by atoms with Gasteiger partial charge in [-0.05, 0) is 36.8 Å². The fraction of sp³-hybridized carbons (Fsp3) is 0.188. The first-order chi connectivity index (χ1) is 9.70. The fourth-order valence-electron chi connectivity index (χ4n) is 2.54. The van der Waals surface area contributed by atoms with Gasteiger partial charge in [0, 0.05) is 4.47 Å². The highest BCUT2D eigenvalue weighted by molar-refractivity contribution is 9.10. The molecule has 0 N–H and O–H groups in total. The fourth-order valence-corrected chi connectivity index (χ4v) is 3.14. The number of alkyl halides is 1. The van der Waals surface area contributed by atoms with Crippen LogP contribution in [0, 0.1) is 0 Å². The van der Waals surface area contributed by atoms with Crippen LogP contribution >= 0.6 is 27.5 Å². The number of nitrogens with zero attached hydrogens (tertiary/aromatic N) is 2. The highest BCUT2D eigenvalue weighted by Gasteiger charge is 2.16. The van der Waals surface area contributed by atoms with Gasteiger partial charge in [0.25, 0.3) is 0 Å². The second-order valence-corrected chi connectivity index (χ2v) is 5.93. The van der Waals surface area contributed by atoms with E-state index in [9.17, 15) is 0 Å². The zero-order valence-corrected chi connectivity index (χ0v) is 13.4. The number of benzene rings is 2. The summed E-state index contributed by atoms with van der Waals surface area (Å²) in [4.78, 5) is 4.62. The van der Waals surface area contributed by atoms with E-state index in [1.807, 2.05) is 24.3 Å². The molecule has 2 nitrogen and oxygen atoms in total. The average molecular weight is 350 g/mol. The molecule has 1 unspecified atom stereocenters. The van der Waals surface area contributed by atoms with Gasteiger partial charge in [0.15, 0.2) is 0 Å². The third kappa shape index (κ3) is 2.36. The average Bonchev–Trinajstić information content (AvgIpc) is 2.85. The van der Waals surface area contributed by atoms with Crippen molar-refractivity contribution in [2.45, 2.75) is 18.8 Å². The second kappa shape index (κ2) is 5.58. The predicted octanol–water partition coefficient (Wildman–Crippen LogP) is 5.15. The minimum Gasteiger partial charge on any atom is -0.320 e. The van der Waals surface area contributed by atoms with E-state index in [0.29, 0.717) is 5.88 Å². The van der Waals surface area contributed by atoms with Gasteiger partial charge < -0.3 is 4.57 Å². The van der Waals surface area contributed by atoms with Crippen LogP contribution in [0.4, 0.5) is 0 Å².